The maximum absolute atomic E-state index is 14.6. The second kappa shape index (κ2) is 9.99. The summed E-state index contributed by atoms with van der Waals surface area (Å²) in [5.41, 5.74) is 1.25. The Morgan fingerprint density at radius 3 is 2.97 bits per heavy atom. The molecule has 3 aromatic heterocycles. The number of pyridine rings is 3. The van der Waals surface area contributed by atoms with Crippen LogP contribution in [0.1, 0.15) is 18.5 Å². The van der Waals surface area contributed by atoms with E-state index in [0.717, 1.165) is 6.20 Å². The monoisotopic (exact) mass is 496 g/mol. The van der Waals surface area contributed by atoms with Gasteiger partial charge in [0.2, 0.25) is 11.8 Å². The number of nitrogens with zero attached hydrogens (tertiary/aromatic N) is 3. The second-order valence-electron chi connectivity index (χ2n) is 8.80. The van der Waals surface area contributed by atoms with Crippen LogP contribution in [-0.4, -0.2) is 58.2 Å². The predicted molar refractivity (Wildman–Crippen MR) is 127 cm³/mol. The van der Waals surface area contributed by atoms with Gasteiger partial charge in [-0.05, 0) is 37.0 Å². The zero-order valence-electron chi connectivity index (χ0n) is 19.5. The van der Waals surface area contributed by atoms with Crippen molar-refractivity contribution in [3.05, 3.63) is 42.0 Å². The van der Waals surface area contributed by atoms with E-state index in [2.05, 4.69) is 30.9 Å². The number of ether oxygens (including phenoxy) is 2. The van der Waals surface area contributed by atoms with E-state index in [9.17, 15) is 19.1 Å². The first-order valence-electron chi connectivity index (χ1n) is 11.5. The molecule has 2 amide bonds. The molecule has 1 aliphatic carbocycles. The number of nitrogens with one attached hydrogen (secondary N) is 3. The second-order valence-corrected chi connectivity index (χ2v) is 8.80. The Balaban J connectivity index is 1.19. The summed E-state index contributed by atoms with van der Waals surface area (Å²) >= 11 is 0. The van der Waals surface area contributed by atoms with Crippen LogP contribution in [0.4, 0.5) is 15.9 Å². The van der Waals surface area contributed by atoms with Crippen LogP contribution in [0.25, 0.3) is 11.0 Å². The minimum atomic E-state index is -0.701. The normalized spacial score (nSPS) is 21.0. The number of aliphatic hydroxyl groups excluding tert-OH is 1. The van der Waals surface area contributed by atoms with Gasteiger partial charge in [0.1, 0.15) is 11.2 Å². The molecule has 0 aromatic carbocycles. The van der Waals surface area contributed by atoms with E-state index in [-0.39, 0.29) is 47.8 Å². The number of hydrogen-bond donors (Lipinski definition) is 4. The van der Waals surface area contributed by atoms with Crippen LogP contribution in [-0.2, 0) is 16.1 Å². The summed E-state index contributed by atoms with van der Waals surface area (Å²) in [4.78, 5) is 37.1. The Kier molecular flexibility index (Phi) is 6.61. The van der Waals surface area contributed by atoms with E-state index >= 15 is 0 Å². The summed E-state index contributed by atoms with van der Waals surface area (Å²) in [6.45, 7) is 0.831. The molecule has 4 N–H and O–H groups in total. The first-order chi connectivity index (χ1) is 17.4. The van der Waals surface area contributed by atoms with Crippen molar-refractivity contribution in [3.63, 3.8) is 0 Å². The molecule has 12 heteroatoms. The van der Waals surface area contributed by atoms with E-state index in [1.54, 1.807) is 24.3 Å². The van der Waals surface area contributed by atoms with Gasteiger partial charge in [-0.15, -0.1) is 0 Å². The Hall–Kier alpha value is -3.90. The average molecular weight is 496 g/mol. The smallest absolute Gasteiger partial charge is 0.263 e. The third-order valence-corrected chi connectivity index (χ3v) is 6.37. The minimum absolute atomic E-state index is 0.0324. The zero-order chi connectivity index (χ0) is 25.2. The van der Waals surface area contributed by atoms with Gasteiger partial charge in [-0.25, -0.2) is 14.4 Å². The first-order valence-corrected chi connectivity index (χ1v) is 11.5. The van der Waals surface area contributed by atoms with Gasteiger partial charge in [0.05, 0.1) is 30.6 Å². The van der Waals surface area contributed by atoms with Gasteiger partial charge in [-0.2, -0.15) is 0 Å². The van der Waals surface area contributed by atoms with Crippen LogP contribution < -0.4 is 25.4 Å². The van der Waals surface area contributed by atoms with Crippen molar-refractivity contribution < 1.29 is 28.6 Å². The lowest BCUT2D eigenvalue weighted by Crippen LogP contribution is -2.29. The molecule has 2 aliphatic rings. The zero-order valence-corrected chi connectivity index (χ0v) is 19.5. The summed E-state index contributed by atoms with van der Waals surface area (Å²) in [5.74, 6) is -0.832. The number of hydrogen-bond acceptors (Lipinski definition) is 9. The molecule has 0 spiro atoms. The van der Waals surface area contributed by atoms with Gasteiger partial charge in [-0.1, -0.05) is 0 Å². The summed E-state index contributed by atoms with van der Waals surface area (Å²) < 4.78 is 25.0. The first kappa shape index (κ1) is 23.8. The Morgan fingerprint density at radius 2 is 2.14 bits per heavy atom. The number of aliphatic hydroxyl groups is 1. The lowest BCUT2D eigenvalue weighted by atomic mass is 10.0. The van der Waals surface area contributed by atoms with Gasteiger partial charge >= 0.3 is 0 Å². The molecule has 0 unspecified atom stereocenters. The molecule has 36 heavy (non-hydrogen) atoms. The summed E-state index contributed by atoms with van der Waals surface area (Å²) in [6, 6.07) is 6.78. The summed E-state index contributed by atoms with van der Waals surface area (Å²) in [5, 5.41) is 19.1. The van der Waals surface area contributed by atoms with Crippen molar-refractivity contribution >= 4 is 34.4 Å². The average Bonchev–Trinajstić information content (AvgIpc) is 3.25. The van der Waals surface area contributed by atoms with Crippen LogP contribution in [0.2, 0.25) is 0 Å². The highest BCUT2D eigenvalue weighted by Crippen LogP contribution is 2.33. The number of anilines is 2. The number of methoxy groups -OCH3 is 1. The Labute approximate surface area is 205 Å². The fourth-order valence-corrected chi connectivity index (χ4v) is 4.51. The molecular weight excluding hydrogens is 471 g/mol. The fourth-order valence-electron chi connectivity index (χ4n) is 4.51. The van der Waals surface area contributed by atoms with Crippen molar-refractivity contribution in [2.75, 3.05) is 30.9 Å². The number of carbonyl (C=O) groups excluding carboxylic acids is 2. The maximum Gasteiger partial charge on any atom is 0.263 e. The largest absolute Gasteiger partial charge is 0.481 e. The molecule has 0 radical (unpaired) electrons. The molecule has 1 saturated carbocycles. The molecule has 0 saturated heterocycles. The molecule has 1 aliphatic heterocycles. The highest BCUT2D eigenvalue weighted by Gasteiger charge is 2.37. The third kappa shape index (κ3) is 4.90. The molecular formula is C24H25FN6O5. The van der Waals surface area contributed by atoms with Crippen LogP contribution >= 0.6 is 0 Å². The van der Waals surface area contributed by atoms with Crippen molar-refractivity contribution in [2.45, 2.75) is 25.5 Å². The van der Waals surface area contributed by atoms with Crippen molar-refractivity contribution in [1.29, 1.82) is 0 Å². The fraction of sp³-hybridized carbons (Fsp3) is 0.375. The van der Waals surface area contributed by atoms with E-state index in [1.165, 1.54) is 7.11 Å². The SMILES string of the molecule is COc1ccc2ncc(F)c(NC(=O)[C@H]3C[C@H](CNCc4ccc5c(n4)NC(=O)CO5)[C@H](O)C3)c2n1. The quantitative estimate of drug-likeness (QED) is 0.383. The number of aromatic nitrogens is 3. The van der Waals surface area contributed by atoms with Crippen molar-refractivity contribution in [2.24, 2.45) is 11.8 Å². The van der Waals surface area contributed by atoms with E-state index in [1.807, 2.05) is 0 Å². The van der Waals surface area contributed by atoms with Gasteiger partial charge in [0.15, 0.2) is 24.0 Å². The van der Waals surface area contributed by atoms with Crippen molar-refractivity contribution in [3.8, 4) is 11.6 Å². The van der Waals surface area contributed by atoms with Crippen LogP contribution in [0, 0.1) is 17.7 Å². The number of rotatable bonds is 7. The van der Waals surface area contributed by atoms with E-state index < -0.39 is 17.8 Å². The van der Waals surface area contributed by atoms with Gasteiger partial charge in [0.25, 0.3) is 5.91 Å². The Morgan fingerprint density at radius 1 is 1.28 bits per heavy atom. The number of halogens is 1. The number of carbonyl (C=O) groups is 2. The number of fused-ring (bicyclic) bond motifs is 2. The molecule has 3 aromatic rings. The molecule has 5 rings (SSSR count). The summed E-state index contributed by atoms with van der Waals surface area (Å²) in [7, 11) is 1.45. The lowest BCUT2D eigenvalue weighted by Gasteiger charge is -2.18. The molecule has 1 fully saturated rings. The van der Waals surface area contributed by atoms with E-state index in [0.29, 0.717) is 42.3 Å². The molecule has 3 atom stereocenters. The standard InChI is InChI=1S/C24H25FN6O5/c1-35-20-5-3-16-22(30-20)21(15(25)10-27-16)31-24(34)12-6-13(17(32)7-12)8-26-9-14-2-4-18-23(28-14)29-19(33)11-36-18/h2-5,10,12-13,17,26,32H,6-9,11H2,1H3,(H,27,31,34)(H,28,29,33)/t12-,13+,17+/m0/s1. The molecule has 188 valence electrons. The van der Waals surface area contributed by atoms with Gasteiger partial charge in [0, 0.05) is 25.1 Å². The minimum Gasteiger partial charge on any atom is -0.481 e. The molecule has 4 heterocycles. The van der Waals surface area contributed by atoms with Crippen LogP contribution in [0.5, 0.6) is 11.6 Å². The Bertz CT molecular complexity index is 1320. The van der Waals surface area contributed by atoms with Crippen LogP contribution in [0.15, 0.2) is 30.5 Å². The topological polar surface area (TPSA) is 148 Å². The highest BCUT2D eigenvalue weighted by molar-refractivity contribution is 6.00. The number of amides is 2. The third-order valence-electron chi connectivity index (χ3n) is 6.37. The van der Waals surface area contributed by atoms with Gasteiger partial charge in [-0.3, -0.25) is 14.6 Å². The van der Waals surface area contributed by atoms with Crippen molar-refractivity contribution in [1.82, 2.24) is 20.3 Å². The predicted octanol–water partition coefficient (Wildman–Crippen LogP) is 1.62. The van der Waals surface area contributed by atoms with E-state index in [4.69, 9.17) is 9.47 Å². The lowest BCUT2D eigenvalue weighted by molar-refractivity contribution is -0.120. The maximum atomic E-state index is 14.6. The molecule has 11 nitrogen and oxygen atoms in total. The van der Waals surface area contributed by atoms with Gasteiger partial charge < -0.3 is 30.5 Å². The summed E-state index contributed by atoms with van der Waals surface area (Å²) in [6.07, 6.45) is 1.05. The van der Waals surface area contributed by atoms with Crippen LogP contribution in [0.3, 0.4) is 0 Å². The molecule has 0 bridgehead atoms. The highest BCUT2D eigenvalue weighted by atomic mass is 19.1.